The molecule has 0 aliphatic heterocycles. The van der Waals surface area contributed by atoms with Gasteiger partial charge in [0.15, 0.2) is 0 Å². The van der Waals surface area contributed by atoms with E-state index in [0.29, 0.717) is 11.1 Å². The Hall–Kier alpha value is -0.800. The lowest BCUT2D eigenvalue weighted by atomic mass is 10.3. The van der Waals surface area contributed by atoms with Gasteiger partial charge in [-0.15, -0.1) is 0 Å². The molecule has 0 bridgehead atoms. The number of hydrogen-bond acceptors (Lipinski definition) is 3. The van der Waals surface area contributed by atoms with Gasteiger partial charge in [-0.3, -0.25) is 0 Å². The molecule has 0 radical (unpaired) electrons. The van der Waals surface area contributed by atoms with Crippen molar-refractivity contribution >= 4 is 17.4 Å². The second-order valence-corrected chi connectivity index (χ2v) is 3.64. The van der Waals surface area contributed by atoms with Crippen LogP contribution in [0.5, 0.6) is 0 Å². The summed E-state index contributed by atoms with van der Waals surface area (Å²) in [5, 5.41) is 7.20. The maximum atomic E-state index is 5.72. The summed E-state index contributed by atoms with van der Waals surface area (Å²) in [6, 6.07) is 4.15. The van der Waals surface area contributed by atoms with Gasteiger partial charge in [-0.2, -0.15) is 0 Å². The van der Waals surface area contributed by atoms with Gasteiger partial charge in [0.25, 0.3) is 0 Å². The van der Waals surface area contributed by atoms with Crippen LogP contribution in [0.15, 0.2) is 18.3 Å². The number of likely N-dealkylation sites (N-methyl/N-ethyl adjacent to an activating group) is 1. The summed E-state index contributed by atoms with van der Waals surface area (Å²) in [5.41, 5.74) is 0. The van der Waals surface area contributed by atoms with Crippen LogP contribution < -0.4 is 10.6 Å². The quantitative estimate of drug-likeness (QED) is 0.787. The molecule has 0 aromatic carbocycles. The molecule has 0 aliphatic carbocycles. The fourth-order valence-corrected chi connectivity index (χ4v) is 1.27. The van der Waals surface area contributed by atoms with E-state index in [0.717, 1.165) is 18.9 Å². The lowest BCUT2D eigenvalue weighted by Gasteiger charge is -2.13. The van der Waals surface area contributed by atoms with E-state index in [2.05, 4.69) is 29.5 Å². The maximum Gasteiger partial charge on any atom is 0.126 e. The fraction of sp³-hybridized carbons (Fsp3) is 0.500. The fourth-order valence-electron chi connectivity index (χ4n) is 1.16. The first-order chi connectivity index (χ1) is 6.72. The third kappa shape index (κ3) is 3.94. The van der Waals surface area contributed by atoms with Crippen molar-refractivity contribution in [1.82, 2.24) is 10.3 Å². The minimum atomic E-state index is 0.442. The number of rotatable bonds is 5. The Balaban J connectivity index is 2.34. The molecule has 1 aromatic rings. The molecular formula is C10H16ClN3. The Labute approximate surface area is 89.9 Å². The molecule has 1 atom stereocenters. The van der Waals surface area contributed by atoms with Gasteiger partial charge in [-0.1, -0.05) is 18.5 Å². The van der Waals surface area contributed by atoms with E-state index >= 15 is 0 Å². The van der Waals surface area contributed by atoms with Crippen molar-refractivity contribution in [2.45, 2.75) is 19.9 Å². The Morgan fingerprint density at radius 2 is 2.29 bits per heavy atom. The second kappa shape index (κ2) is 5.83. The molecule has 0 spiro atoms. The van der Waals surface area contributed by atoms with Crippen LogP contribution in [0.25, 0.3) is 0 Å². The molecule has 0 fully saturated rings. The second-order valence-electron chi connectivity index (χ2n) is 3.20. The molecule has 4 heteroatoms. The van der Waals surface area contributed by atoms with Crippen LogP contribution in [0, 0.1) is 0 Å². The van der Waals surface area contributed by atoms with Crippen LogP contribution in [0.2, 0.25) is 5.02 Å². The van der Waals surface area contributed by atoms with E-state index < -0.39 is 0 Å². The van der Waals surface area contributed by atoms with Gasteiger partial charge >= 0.3 is 0 Å². The predicted octanol–water partition coefficient (Wildman–Crippen LogP) is 2.14. The molecule has 2 N–H and O–H groups in total. The van der Waals surface area contributed by atoms with Crippen LogP contribution in [-0.4, -0.2) is 24.1 Å². The standard InChI is InChI=1S/C10H16ClN3/c1-3-12-8(2)6-13-10-5-4-9(11)7-14-10/h4-5,7-8,12H,3,6H2,1-2H3,(H,13,14). The van der Waals surface area contributed by atoms with Gasteiger partial charge in [0, 0.05) is 18.8 Å². The normalized spacial score (nSPS) is 12.5. The zero-order chi connectivity index (χ0) is 10.4. The minimum absolute atomic E-state index is 0.442. The lowest BCUT2D eigenvalue weighted by Crippen LogP contribution is -2.32. The molecule has 0 amide bonds. The molecule has 0 aliphatic rings. The van der Waals surface area contributed by atoms with Gasteiger partial charge in [0.1, 0.15) is 5.82 Å². The van der Waals surface area contributed by atoms with Crippen molar-refractivity contribution in [3.8, 4) is 0 Å². The van der Waals surface area contributed by atoms with E-state index in [4.69, 9.17) is 11.6 Å². The average Bonchev–Trinajstić information content (AvgIpc) is 2.17. The molecular weight excluding hydrogens is 198 g/mol. The largest absolute Gasteiger partial charge is 0.369 e. The van der Waals surface area contributed by atoms with Crippen LogP contribution in [0.1, 0.15) is 13.8 Å². The van der Waals surface area contributed by atoms with Crippen molar-refractivity contribution in [3.05, 3.63) is 23.4 Å². The Morgan fingerprint density at radius 3 is 2.86 bits per heavy atom. The van der Waals surface area contributed by atoms with Crippen LogP contribution in [-0.2, 0) is 0 Å². The molecule has 1 rings (SSSR count). The molecule has 0 saturated carbocycles. The zero-order valence-electron chi connectivity index (χ0n) is 8.55. The first-order valence-corrected chi connectivity index (χ1v) is 5.19. The predicted molar refractivity (Wildman–Crippen MR) is 60.9 cm³/mol. The van der Waals surface area contributed by atoms with E-state index in [9.17, 15) is 0 Å². The number of nitrogens with zero attached hydrogens (tertiary/aromatic N) is 1. The number of aromatic nitrogens is 1. The monoisotopic (exact) mass is 213 g/mol. The molecule has 1 heterocycles. The number of nitrogens with one attached hydrogen (secondary N) is 2. The third-order valence-corrected chi connectivity index (χ3v) is 2.09. The highest BCUT2D eigenvalue weighted by Gasteiger charge is 1.99. The number of halogens is 1. The van der Waals surface area contributed by atoms with Gasteiger partial charge in [-0.25, -0.2) is 4.98 Å². The molecule has 1 aromatic heterocycles. The lowest BCUT2D eigenvalue weighted by molar-refractivity contribution is 0.589. The van der Waals surface area contributed by atoms with Gasteiger partial charge in [0.05, 0.1) is 5.02 Å². The van der Waals surface area contributed by atoms with Gasteiger partial charge < -0.3 is 10.6 Å². The van der Waals surface area contributed by atoms with Gasteiger partial charge in [-0.05, 0) is 25.6 Å². The Bertz CT molecular complexity index is 261. The highest BCUT2D eigenvalue weighted by atomic mass is 35.5. The van der Waals surface area contributed by atoms with E-state index in [-0.39, 0.29) is 0 Å². The van der Waals surface area contributed by atoms with Crippen molar-refractivity contribution < 1.29 is 0 Å². The Morgan fingerprint density at radius 1 is 1.50 bits per heavy atom. The summed E-state index contributed by atoms with van der Waals surface area (Å²) in [7, 11) is 0. The summed E-state index contributed by atoms with van der Waals surface area (Å²) in [4.78, 5) is 4.14. The summed E-state index contributed by atoms with van der Waals surface area (Å²) < 4.78 is 0. The zero-order valence-corrected chi connectivity index (χ0v) is 9.30. The van der Waals surface area contributed by atoms with Crippen molar-refractivity contribution in [2.75, 3.05) is 18.4 Å². The number of anilines is 1. The van der Waals surface area contributed by atoms with Crippen LogP contribution >= 0.6 is 11.6 Å². The average molecular weight is 214 g/mol. The smallest absolute Gasteiger partial charge is 0.126 e. The topological polar surface area (TPSA) is 37.0 Å². The van der Waals surface area contributed by atoms with E-state index in [1.54, 1.807) is 6.20 Å². The Kier molecular flexibility index (Phi) is 4.70. The SMILES string of the molecule is CCNC(C)CNc1ccc(Cl)cn1. The molecule has 3 nitrogen and oxygen atoms in total. The van der Waals surface area contributed by atoms with Crippen molar-refractivity contribution in [2.24, 2.45) is 0 Å². The maximum absolute atomic E-state index is 5.72. The van der Waals surface area contributed by atoms with E-state index in [1.165, 1.54) is 0 Å². The summed E-state index contributed by atoms with van der Waals surface area (Å²) >= 11 is 5.72. The minimum Gasteiger partial charge on any atom is -0.369 e. The van der Waals surface area contributed by atoms with Crippen molar-refractivity contribution in [3.63, 3.8) is 0 Å². The molecule has 1 unspecified atom stereocenters. The molecule has 78 valence electrons. The third-order valence-electron chi connectivity index (χ3n) is 1.87. The van der Waals surface area contributed by atoms with Crippen molar-refractivity contribution in [1.29, 1.82) is 0 Å². The summed E-state index contributed by atoms with van der Waals surface area (Å²) in [5.74, 6) is 0.860. The summed E-state index contributed by atoms with van der Waals surface area (Å²) in [6.45, 7) is 6.07. The summed E-state index contributed by atoms with van der Waals surface area (Å²) in [6.07, 6.45) is 1.64. The van der Waals surface area contributed by atoms with E-state index in [1.807, 2.05) is 12.1 Å². The number of pyridine rings is 1. The first-order valence-electron chi connectivity index (χ1n) is 4.81. The number of hydrogen-bond donors (Lipinski definition) is 2. The molecule has 14 heavy (non-hydrogen) atoms. The van der Waals surface area contributed by atoms with Crippen LogP contribution in [0.3, 0.4) is 0 Å². The van der Waals surface area contributed by atoms with Gasteiger partial charge in [0.2, 0.25) is 0 Å². The van der Waals surface area contributed by atoms with Crippen LogP contribution in [0.4, 0.5) is 5.82 Å². The first kappa shape index (κ1) is 11.3. The molecule has 0 saturated heterocycles. The highest BCUT2D eigenvalue weighted by molar-refractivity contribution is 6.30. The highest BCUT2D eigenvalue weighted by Crippen LogP contribution is 2.09.